The molecule has 2 heterocycles. The van der Waals surface area contributed by atoms with Gasteiger partial charge in [0.15, 0.2) is 0 Å². The number of hydrogen-bond donors (Lipinski definition) is 1. The highest BCUT2D eigenvalue weighted by molar-refractivity contribution is 4.77. The Morgan fingerprint density at radius 2 is 1.72 bits per heavy atom. The van der Waals surface area contributed by atoms with Gasteiger partial charge < -0.3 is 14.7 Å². The van der Waals surface area contributed by atoms with Gasteiger partial charge in [-0.1, -0.05) is 0 Å². The lowest BCUT2D eigenvalue weighted by Gasteiger charge is -2.38. The Morgan fingerprint density at radius 3 is 2.39 bits per heavy atom. The van der Waals surface area contributed by atoms with E-state index in [0.717, 1.165) is 26.2 Å². The van der Waals surface area contributed by atoms with E-state index in [4.69, 9.17) is 4.74 Å². The lowest BCUT2D eigenvalue weighted by molar-refractivity contribution is -0.0963. The van der Waals surface area contributed by atoms with Crippen LogP contribution in [0.5, 0.6) is 0 Å². The minimum Gasteiger partial charge on any atom is -0.394 e. The number of likely N-dealkylation sites (N-methyl/N-ethyl adjacent to an activating group) is 1. The zero-order valence-electron chi connectivity index (χ0n) is 11.7. The molecule has 2 aliphatic heterocycles. The van der Waals surface area contributed by atoms with Gasteiger partial charge in [-0.3, -0.25) is 9.80 Å². The van der Waals surface area contributed by atoms with E-state index < -0.39 is 0 Å². The highest BCUT2D eigenvalue weighted by Gasteiger charge is 2.25. The van der Waals surface area contributed by atoms with Gasteiger partial charge in [0.2, 0.25) is 0 Å². The molecule has 2 atom stereocenters. The van der Waals surface area contributed by atoms with Crippen molar-refractivity contribution in [2.24, 2.45) is 0 Å². The highest BCUT2D eigenvalue weighted by atomic mass is 16.5. The summed E-state index contributed by atoms with van der Waals surface area (Å²) in [6.07, 6.45) is 0.240. The van der Waals surface area contributed by atoms with Crippen molar-refractivity contribution in [3.8, 4) is 0 Å². The van der Waals surface area contributed by atoms with Gasteiger partial charge in [0.05, 0.1) is 18.8 Å². The molecular weight excluding hydrogens is 230 g/mol. The summed E-state index contributed by atoms with van der Waals surface area (Å²) in [6.45, 7) is 11.0. The first-order valence-electron chi connectivity index (χ1n) is 7.07. The maximum absolute atomic E-state index is 9.21. The molecule has 0 saturated carbocycles. The quantitative estimate of drug-likeness (QED) is 0.722. The van der Waals surface area contributed by atoms with Crippen LogP contribution in [0.1, 0.15) is 6.92 Å². The molecule has 0 aliphatic carbocycles. The van der Waals surface area contributed by atoms with Crippen molar-refractivity contribution >= 4 is 0 Å². The number of morpholine rings is 1. The van der Waals surface area contributed by atoms with E-state index in [2.05, 4.69) is 28.7 Å². The summed E-state index contributed by atoms with van der Waals surface area (Å²) in [4.78, 5) is 7.34. The second kappa shape index (κ2) is 6.82. The smallest absolute Gasteiger partial charge is 0.0936 e. The van der Waals surface area contributed by atoms with Crippen molar-refractivity contribution in [3.63, 3.8) is 0 Å². The second-order valence-electron chi connectivity index (χ2n) is 5.66. The standard InChI is InChI=1S/C13H27N3O2/c1-12-9-16(10-13(11-17)18-12)8-7-15-5-3-14(2)4-6-15/h12-13,17H,3-11H2,1-2H3. The number of nitrogens with zero attached hydrogens (tertiary/aromatic N) is 3. The van der Waals surface area contributed by atoms with E-state index in [1.54, 1.807) is 0 Å². The third-order valence-corrected chi connectivity index (χ3v) is 3.93. The first kappa shape index (κ1) is 14.2. The summed E-state index contributed by atoms with van der Waals surface area (Å²) in [5.41, 5.74) is 0. The van der Waals surface area contributed by atoms with Crippen molar-refractivity contribution in [1.82, 2.24) is 14.7 Å². The number of ether oxygens (including phenoxy) is 1. The monoisotopic (exact) mass is 257 g/mol. The largest absolute Gasteiger partial charge is 0.394 e. The Bertz CT molecular complexity index is 244. The molecule has 5 nitrogen and oxygen atoms in total. The van der Waals surface area contributed by atoms with Gasteiger partial charge in [0.25, 0.3) is 0 Å². The summed E-state index contributed by atoms with van der Waals surface area (Å²) >= 11 is 0. The van der Waals surface area contributed by atoms with Crippen molar-refractivity contribution in [2.45, 2.75) is 19.1 Å². The van der Waals surface area contributed by atoms with Gasteiger partial charge >= 0.3 is 0 Å². The average Bonchev–Trinajstić information content (AvgIpc) is 2.37. The minimum absolute atomic E-state index is 0.00115. The molecule has 2 rings (SSSR count). The van der Waals surface area contributed by atoms with Gasteiger partial charge in [-0.15, -0.1) is 0 Å². The fourth-order valence-electron chi connectivity index (χ4n) is 2.78. The van der Waals surface area contributed by atoms with E-state index in [1.165, 1.54) is 26.2 Å². The number of piperazine rings is 1. The first-order valence-corrected chi connectivity index (χ1v) is 7.07. The van der Waals surface area contributed by atoms with E-state index in [9.17, 15) is 5.11 Å². The Kier molecular flexibility index (Phi) is 5.38. The van der Waals surface area contributed by atoms with E-state index >= 15 is 0 Å². The molecule has 1 N–H and O–H groups in total. The van der Waals surface area contributed by atoms with Crippen molar-refractivity contribution in [2.75, 3.05) is 66.0 Å². The number of aliphatic hydroxyl groups is 1. The Hall–Kier alpha value is -0.200. The minimum atomic E-state index is 0.00115. The lowest BCUT2D eigenvalue weighted by Crippen LogP contribution is -2.51. The SMILES string of the molecule is CC1CN(CCN2CCN(C)CC2)CC(CO)O1. The third-order valence-electron chi connectivity index (χ3n) is 3.93. The maximum atomic E-state index is 9.21. The molecule has 106 valence electrons. The maximum Gasteiger partial charge on any atom is 0.0936 e. The molecule has 2 aliphatic rings. The summed E-state index contributed by atoms with van der Waals surface area (Å²) < 4.78 is 5.66. The molecule has 0 aromatic carbocycles. The molecule has 0 radical (unpaired) electrons. The van der Waals surface area contributed by atoms with Crippen LogP contribution in [0, 0.1) is 0 Å². The van der Waals surface area contributed by atoms with Gasteiger partial charge in [-0.2, -0.15) is 0 Å². The van der Waals surface area contributed by atoms with E-state index in [1.807, 2.05) is 0 Å². The van der Waals surface area contributed by atoms with Crippen LogP contribution in [-0.2, 0) is 4.74 Å². The number of rotatable bonds is 4. The van der Waals surface area contributed by atoms with Gasteiger partial charge in [0.1, 0.15) is 0 Å². The Morgan fingerprint density at radius 1 is 1.06 bits per heavy atom. The van der Waals surface area contributed by atoms with Crippen molar-refractivity contribution < 1.29 is 9.84 Å². The Balaban J connectivity index is 1.69. The Labute approximate surface area is 110 Å². The third kappa shape index (κ3) is 4.17. The molecule has 5 heteroatoms. The molecule has 2 unspecified atom stereocenters. The molecule has 0 amide bonds. The molecule has 0 aromatic heterocycles. The molecule has 0 aromatic rings. The lowest BCUT2D eigenvalue weighted by atomic mass is 10.2. The summed E-state index contributed by atoms with van der Waals surface area (Å²) in [7, 11) is 2.19. The molecule has 0 bridgehead atoms. The molecule has 2 fully saturated rings. The van der Waals surface area contributed by atoms with Crippen LogP contribution >= 0.6 is 0 Å². The number of hydrogen-bond acceptors (Lipinski definition) is 5. The second-order valence-corrected chi connectivity index (χ2v) is 5.66. The van der Waals surface area contributed by atoms with Crippen molar-refractivity contribution in [1.29, 1.82) is 0 Å². The normalized spacial score (nSPS) is 32.8. The summed E-state index contributed by atoms with van der Waals surface area (Å²) in [6, 6.07) is 0. The highest BCUT2D eigenvalue weighted by Crippen LogP contribution is 2.10. The zero-order valence-corrected chi connectivity index (χ0v) is 11.7. The fourth-order valence-corrected chi connectivity index (χ4v) is 2.78. The van der Waals surface area contributed by atoms with Gasteiger partial charge in [-0.25, -0.2) is 0 Å². The van der Waals surface area contributed by atoms with E-state index in [0.29, 0.717) is 0 Å². The van der Waals surface area contributed by atoms with Crippen molar-refractivity contribution in [3.05, 3.63) is 0 Å². The average molecular weight is 257 g/mol. The molecule has 18 heavy (non-hydrogen) atoms. The van der Waals surface area contributed by atoms with Crippen LogP contribution in [0.25, 0.3) is 0 Å². The van der Waals surface area contributed by atoms with E-state index in [-0.39, 0.29) is 18.8 Å². The van der Waals surface area contributed by atoms with Gasteiger partial charge in [0, 0.05) is 52.4 Å². The molecule has 2 saturated heterocycles. The number of aliphatic hydroxyl groups excluding tert-OH is 1. The van der Waals surface area contributed by atoms with Crippen LogP contribution in [0.2, 0.25) is 0 Å². The van der Waals surface area contributed by atoms with Crippen LogP contribution in [0.4, 0.5) is 0 Å². The van der Waals surface area contributed by atoms with Crippen LogP contribution in [-0.4, -0.2) is 98.0 Å². The summed E-state index contributed by atoms with van der Waals surface area (Å²) in [5, 5.41) is 9.21. The zero-order chi connectivity index (χ0) is 13.0. The predicted octanol–water partition coefficient (Wildman–Crippen LogP) is -0.685. The first-order chi connectivity index (χ1) is 8.67. The summed E-state index contributed by atoms with van der Waals surface area (Å²) in [5.74, 6) is 0. The fraction of sp³-hybridized carbons (Fsp3) is 1.00. The molecular formula is C13H27N3O2. The van der Waals surface area contributed by atoms with Crippen LogP contribution in [0.15, 0.2) is 0 Å². The predicted molar refractivity (Wildman–Crippen MR) is 71.8 cm³/mol. The van der Waals surface area contributed by atoms with Crippen LogP contribution < -0.4 is 0 Å². The topological polar surface area (TPSA) is 39.2 Å². The molecule has 0 spiro atoms. The van der Waals surface area contributed by atoms with Crippen LogP contribution in [0.3, 0.4) is 0 Å². The van der Waals surface area contributed by atoms with Gasteiger partial charge in [-0.05, 0) is 14.0 Å².